The number of carbonyl (C=O) groups is 1. The molecule has 1 N–H and O–H groups in total. The van der Waals surface area contributed by atoms with E-state index in [1.807, 2.05) is 0 Å². The van der Waals surface area contributed by atoms with Crippen molar-refractivity contribution >= 4 is 37.8 Å². The molecular weight excluding hydrogens is 352 g/mol. The number of halogens is 2. The highest BCUT2D eigenvalue weighted by atomic mass is 79.9. The van der Waals surface area contributed by atoms with Crippen LogP contribution in [0.2, 0.25) is 0 Å². The van der Waals surface area contributed by atoms with Gasteiger partial charge >= 0.3 is 5.97 Å². The summed E-state index contributed by atoms with van der Waals surface area (Å²) in [5.41, 5.74) is 0.745. The Labute approximate surface area is 116 Å². The molecule has 0 aliphatic heterocycles. The van der Waals surface area contributed by atoms with E-state index in [9.17, 15) is 4.79 Å². The molecule has 1 aromatic rings. The Morgan fingerprint density at radius 1 is 1.35 bits per heavy atom. The zero-order valence-corrected chi connectivity index (χ0v) is 12.3. The molecule has 92 valence electrons. The lowest BCUT2D eigenvalue weighted by Crippen LogP contribution is -2.03. The smallest absolute Gasteiger partial charge is 0.307 e. The molecular formula is C12H12Br2O3. The zero-order chi connectivity index (χ0) is 12.4. The van der Waals surface area contributed by atoms with Gasteiger partial charge in [0, 0.05) is 0 Å². The molecule has 0 spiro atoms. The Morgan fingerprint density at radius 2 is 1.94 bits per heavy atom. The first-order valence-corrected chi connectivity index (χ1v) is 6.97. The van der Waals surface area contributed by atoms with Crippen molar-refractivity contribution in [3.8, 4) is 5.75 Å². The number of hydrogen-bond acceptors (Lipinski definition) is 2. The molecule has 0 saturated heterocycles. The van der Waals surface area contributed by atoms with E-state index in [4.69, 9.17) is 9.84 Å². The van der Waals surface area contributed by atoms with E-state index in [1.54, 1.807) is 12.1 Å². The van der Waals surface area contributed by atoms with Crippen LogP contribution in [0.4, 0.5) is 0 Å². The monoisotopic (exact) mass is 362 g/mol. The zero-order valence-electron chi connectivity index (χ0n) is 9.08. The number of hydrogen-bond donors (Lipinski definition) is 1. The van der Waals surface area contributed by atoms with Crippen LogP contribution in [-0.2, 0) is 11.2 Å². The molecule has 1 aromatic carbocycles. The number of benzene rings is 1. The molecule has 0 radical (unpaired) electrons. The van der Waals surface area contributed by atoms with Crippen LogP contribution in [0, 0.1) is 5.92 Å². The molecule has 1 saturated carbocycles. The third kappa shape index (κ3) is 3.71. The third-order valence-corrected chi connectivity index (χ3v) is 3.75. The van der Waals surface area contributed by atoms with Crippen molar-refractivity contribution in [2.75, 3.05) is 6.61 Å². The molecule has 0 amide bonds. The minimum absolute atomic E-state index is 0.0140. The number of rotatable bonds is 5. The van der Waals surface area contributed by atoms with Crippen LogP contribution < -0.4 is 4.74 Å². The minimum atomic E-state index is -0.838. The van der Waals surface area contributed by atoms with Crippen LogP contribution >= 0.6 is 31.9 Å². The molecule has 5 heteroatoms. The average molecular weight is 364 g/mol. The summed E-state index contributed by atoms with van der Waals surface area (Å²) < 4.78 is 7.30. The molecule has 0 bridgehead atoms. The second-order valence-electron chi connectivity index (χ2n) is 4.21. The maximum Gasteiger partial charge on any atom is 0.307 e. The van der Waals surface area contributed by atoms with Crippen molar-refractivity contribution in [3.63, 3.8) is 0 Å². The summed E-state index contributed by atoms with van der Waals surface area (Å²) in [6.07, 6.45) is 2.50. The molecule has 1 fully saturated rings. The number of carboxylic acids is 1. The van der Waals surface area contributed by atoms with E-state index < -0.39 is 5.97 Å². The lowest BCUT2D eigenvalue weighted by Gasteiger charge is -2.11. The lowest BCUT2D eigenvalue weighted by atomic mass is 10.1. The third-order valence-electron chi connectivity index (χ3n) is 2.57. The Balaban J connectivity index is 2.12. The summed E-state index contributed by atoms with van der Waals surface area (Å²) in [4.78, 5) is 10.6. The van der Waals surface area contributed by atoms with E-state index in [1.165, 1.54) is 12.8 Å². The summed E-state index contributed by atoms with van der Waals surface area (Å²) in [5, 5.41) is 8.74. The fourth-order valence-electron chi connectivity index (χ4n) is 1.51. The van der Waals surface area contributed by atoms with Gasteiger partial charge in [0.2, 0.25) is 0 Å². The molecule has 1 aliphatic carbocycles. The number of carboxylic acid groups (broad SMARTS) is 1. The van der Waals surface area contributed by atoms with Crippen molar-refractivity contribution < 1.29 is 14.6 Å². The first-order chi connectivity index (χ1) is 8.06. The van der Waals surface area contributed by atoms with Gasteiger partial charge in [-0.1, -0.05) is 0 Å². The highest BCUT2D eigenvalue weighted by Crippen LogP contribution is 2.37. The maximum absolute atomic E-state index is 10.6. The summed E-state index contributed by atoms with van der Waals surface area (Å²) >= 11 is 6.82. The first-order valence-electron chi connectivity index (χ1n) is 5.39. The molecule has 2 rings (SSSR count). The van der Waals surface area contributed by atoms with Crippen molar-refractivity contribution in [1.29, 1.82) is 0 Å². The first kappa shape index (κ1) is 12.9. The highest BCUT2D eigenvalue weighted by molar-refractivity contribution is 9.11. The Hall–Kier alpha value is -0.550. The van der Waals surface area contributed by atoms with Crippen LogP contribution in [0.3, 0.4) is 0 Å². The summed E-state index contributed by atoms with van der Waals surface area (Å²) in [5.74, 6) is 0.606. The molecule has 1 aliphatic rings. The van der Waals surface area contributed by atoms with Gasteiger partial charge in [0.1, 0.15) is 5.75 Å². The van der Waals surface area contributed by atoms with Gasteiger partial charge in [0.05, 0.1) is 22.0 Å². The Morgan fingerprint density at radius 3 is 2.41 bits per heavy atom. The molecule has 3 nitrogen and oxygen atoms in total. The maximum atomic E-state index is 10.6. The van der Waals surface area contributed by atoms with Gasteiger partial charge < -0.3 is 9.84 Å². The summed E-state index contributed by atoms with van der Waals surface area (Å²) in [7, 11) is 0. The molecule has 17 heavy (non-hydrogen) atoms. The summed E-state index contributed by atoms with van der Waals surface area (Å²) in [6, 6.07) is 3.59. The normalized spacial score (nSPS) is 14.7. The average Bonchev–Trinajstić information content (AvgIpc) is 2.98. The van der Waals surface area contributed by atoms with Crippen LogP contribution in [0.15, 0.2) is 21.1 Å². The minimum Gasteiger partial charge on any atom is -0.491 e. The topological polar surface area (TPSA) is 46.5 Å². The Kier molecular flexibility index (Phi) is 4.09. The van der Waals surface area contributed by atoms with Crippen molar-refractivity contribution in [3.05, 3.63) is 26.6 Å². The van der Waals surface area contributed by atoms with Crippen molar-refractivity contribution in [2.45, 2.75) is 19.3 Å². The lowest BCUT2D eigenvalue weighted by molar-refractivity contribution is -0.136. The fourth-order valence-corrected chi connectivity index (χ4v) is 3.02. The van der Waals surface area contributed by atoms with Crippen molar-refractivity contribution in [1.82, 2.24) is 0 Å². The van der Waals surface area contributed by atoms with E-state index in [0.717, 1.165) is 26.9 Å². The van der Waals surface area contributed by atoms with E-state index >= 15 is 0 Å². The molecule has 0 unspecified atom stereocenters. The Bertz CT molecular complexity index is 418. The molecule has 0 atom stereocenters. The van der Waals surface area contributed by atoms with Gasteiger partial charge in [0.15, 0.2) is 0 Å². The molecule has 0 heterocycles. The van der Waals surface area contributed by atoms with E-state index in [2.05, 4.69) is 31.9 Å². The number of ether oxygens (including phenoxy) is 1. The van der Waals surface area contributed by atoms with Gasteiger partial charge in [-0.05, 0) is 68.3 Å². The quantitative estimate of drug-likeness (QED) is 0.868. The van der Waals surface area contributed by atoms with E-state index in [0.29, 0.717) is 5.92 Å². The largest absolute Gasteiger partial charge is 0.491 e. The second kappa shape index (κ2) is 5.40. The fraction of sp³-hybridized carbons (Fsp3) is 0.417. The SMILES string of the molecule is O=C(O)Cc1cc(Br)c(OCC2CC2)c(Br)c1. The number of aliphatic carboxylic acids is 1. The standard InChI is InChI=1S/C12H12Br2O3/c13-9-3-8(5-11(15)16)4-10(14)12(9)17-6-7-1-2-7/h3-4,7H,1-2,5-6H2,(H,15,16). The van der Waals surface area contributed by atoms with Crippen LogP contribution in [0.25, 0.3) is 0 Å². The highest BCUT2D eigenvalue weighted by Gasteiger charge is 2.23. The van der Waals surface area contributed by atoms with Gasteiger partial charge in [-0.25, -0.2) is 0 Å². The second-order valence-corrected chi connectivity index (χ2v) is 5.92. The molecule has 0 aromatic heterocycles. The van der Waals surface area contributed by atoms with E-state index in [-0.39, 0.29) is 6.42 Å². The van der Waals surface area contributed by atoms with Crippen LogP contribution in [0.5, 0.6) is 5.75 Å². The predicted molar refractivity (Wildman–Crippen MR) is 71.4 cm³/mol. The van der Waals surface area contributed by atoms with Gasteiger partial charge in [-0.3, -0.25) is 4.79 Å². The van der Waals surface area contributed by atoms with Crippen molar-refractivity contribution in [2.24, 2.45) is 5.92 Å². The van der Waals surface area contributed by atoms with Gasteiger partial charge in [-0.15, -0.1) is 0 Å². The van der Waals surface area contributed by atoms with Crippen LogP contribution in [-0.4, -0.2) is 17.7 Å². The van der Waals surface area contributed by atoms with Crippen LogP contribution in [0.1, 0.15) is 18.4 Å². The van der Waals surface area contributed by atoms with Gasteiger partial charge in [-0.2, -0.15) is 0 Å². The summed E-state index contributed by atoms with van der Waals surface area (Å²) in [6.45, 7) is 0.732. The van der Waals surface area contributed by atoms with Gasteiger partial charge in [0.25, 0.3) is 0 Å². The predicted octanol–water partition coefficient (Wildman–Crippen LogP) is 3.63.